The van der Waals surface area contributed by atoms with Crippen LogP contribution in [0.4, 0.5) is 10.1 Å². The Bertz CT molecular complexity index is 700. The van der Waals surface area contributed by atoms with Gasteiger partial charge in [0, 0.05) is 5.69 Å². The molecule has 0 saturated carbocycles. The van der Waals surface area contributed by atoms with Gasteiger partial charge in [-0.05, 0) is 36.2 Å². The van der Waals surface area contributed by atoms with E-state index < -0.39 is 17.7 Å². The summed E-state index contributed by atoms with van der Waals surface area (Å²) in [6.07, 6.45) is -0.118. The zero-order valence-electron chi connectivity index (χ0n) is 12.0. The lowest BCUT2D eigenvalue weighted by Crippen LogP contribution is -2.19. The Morgan fingerprint density at radius 2 is 1.91 bits per heavy atom. The van der Waals surface area contributed by atoms with Crippen molar-refractivity contribution in [3.05, 3.63) is 65.5 Å². The van der Waals surface area contributed by atoms with Crippen LogP contribution in [0.5, 0.6) is 0 Å². The summed E-state index contributed by atoms with van der Waals surface area (Å²) in [5, 5.41) is 11.5. The number of nitrogens with one attached hydrogen (secondary N) is 1. The molecule has 2 N–H and O–H groups in total. The number of rotatable bonds is 5. The van der Waals surface area contributed by atoms with Crippen LogP contribution < -0.4 is 5.32 Å². The van der Waals surface area contributed by atoms with Gasteiger partial charge in [-0.1, -0.05) is 30.3 Å². The van der Waals surface area contributed by atoms with Crippen LogP contribution >= 0.6 is 0 Å². The molecule has 0 saturated heterocycles. The average molecular weight is 301 g/mol. The van der Waals surface area contributed by atoms with Crippen LogP contribution in [0.1, 0.15) is 24.0 Å². The largest absolute Gasteiger partial charge is 0.481 e. The Hall–Kier alpha value is -2.69. The van der Waals surface area contributed by atoms with Gasteiger partial charge in [0.25, 0.3) is 0 Å². The topological polar surface area (TPSA) is 66.4 Å². The van der Waals surface area contributed by atoms with E-state index in [0.717, 1.165) is 0 Å². The fourth-order valence-corrected chi connectivity index (χ4v) is 2.15. The summed E-state index contributed by atoms with van der Waals surface area (Å²) in [4.78, 5) is 22.9. The SMILES string of the molecule is C[C@H](C(=O)Nc1cccc(CC(=O)O)c1)c1ccccc1F. The van der Waals surface area contributed by atoms with E-state index in [1.54, 1.807) is 49.4 Å². The highest BCUT2D eigenvalue weighted by Gasteiger charge is 2.18. The highest BCUT2D eigenvalue weighted by Crippen LogP contribution is 2.21. The van der Waals surface area contributed by atoms with Crippen molar-refractivity contribution in [1.82, 2.24) is 0 Å². The van der Waals surface area contributed by atoms with Gasteiger partial charge in [0.2, 0.25) is 5.91 Å². The Labute approximate surface area is 127 Å². The fourth-order valence-electron chi connectivity index (χ4n) is 2.15. The number of carbonyl (C=O) groups excluding carboxylic acids is 1. The molecule has 0 fully saturated rings. The van der Waals surface area contributed by atoms with E-state index in [1.807, 2.05) is 0 Å². The van der Waals surface area contributed by atoms with Crippen LogP contribution in [-0.4, -0.2) is 17.0 Å². The molecule has 0 radical (unpaired) electrons. The molecule has 0 bridgehead atoms. The van der Waals surface area contributed by atoms with Crippen molar-refractivity contribution in [3.8, 4) is 0 Å². The van der Waals surface area contributed by atoms with Gasteiger partial charge in [0.1, 0.15) is 5.82 Å². The Balaban J connectivity index is 2.12. The van der Waals surface area contributed by atoms with Crippen LogP contribution in [0.25, 0.3) is 0 Å². The normalized spacial score (nSPS) is 11.7. The molecule has 2 aromatic carbocycles. The van der Waals surface area contributed by atoms with Crippen LogP contribution in [-0.2, 0) is 16.0 Å². The van der Waals surface area contributed by atoms with Crippen molar-refractivity contribution in [2.75, 3.05) is 5.32 Å². The highest BCUT2D eigenvalue weighted by molar-refractivity contribution is 5.95. The molecule has 0 unspecified atom stereocenters. The predicted octanol–water partition coefficient (Wildman–Crippen LogP) is 3.20. The number of carboxylic acid groups (broad SMARTS) is 1. The fraction of sp³-hybridized carbons (Fsp3) is 0.176. The number of carboxylic acids is 1. The lowest BCUT2D eigenvalue weighted by Gasteiger charge is -2.13. The Morgan fingerprint density at radius 3 is 2.59 bits per heavy atom. The molecule has 0 aliphatic rings. The number of hydrogen-bond donors (Lipinski definition) is 2. The van der Waals surface area contributed by atoms with Gasteiger partial charge in [0.05, 0.1) is 12.3 Å². The van der Waals surface area contributed by atoms with Gasteiger partial charge in [-0.2, -0.15) is 0 Å². The maximum absolute atomic E-state index is 13.7. The highest BCUT2D eigenvalue weighted by atomic mass is 19.1. The summed E-state index contributed by atoms with van der Waals surface area (Å²) in [5.41, 5.74) is 1.40. The molecule has 0 heterocycles. The van der Waals surface area contributed by atoms with E-state index in [1.165, 1.54) is 6.07 Å². The number of benzene rings is 2. The minimum absolute atomic E-state index is 0.118. The summed E-state index contributed by atoms with van der Waals surface area (Å²) in [6, 6.07) is 12.7. The van der Waals surface area contributed by atoms with Crippen molar-refractivity contribution in [1.29, 1.82) is 0 Å². The lowest BCUT2D eigenvalue weighted by atomic mass is 9.99. The minimum atomic E-state index is -0.941. The number of carbonyl (C=O) groups is 2. The molecule has 0 aliphatic heterocycles. The van der Waals surface area contributed by atoms with E-state index in [9.17, 15) is 14.0 Å². The second kappa shape index (κ2) is 6.85. The van der Waals surface area contributed by atoms with Crippen LogP contribution in [0.15, 0.2) is 48.5 Å². The molecule has 4 nitrogen and oxygen atoms in total. The summed E-state index contributed by atoms with van der Waals surface area (Å²) in [5.74, 6) is -2.37. The summed E-state index contributed by atoms with van der Waals surface area (Å²) in [7, 11) is 0. The van der Waals surface area contributed by atoms with Gasteiger partial charge in [-0.15, -0.1) is 0 Å². The molecule has 0 spiro atoms. The van der Waals surface area contributed by atoms with Crippen molar-refractivity contribution < 1.29 is 19.1 Å². The molecule has 1 atom stereocenters. The van der Waals surface area contributed by atoms with E-state index in [0.29, 0.717) is 16.8 Å². The number of halogens is 1. The van der Waals surface area contributed by atoms with Gasteiger partial charge in [-0.3, -0.25) is 9.59 Å². The second-order valence-electron chi connectivity index (χ2n) is 5.00. The summed E-state index contributed by atoms with van der Waals surface area (Å²) < 4.78 is 13.7. The third-order valence-electron chi connectivity index (χ3n) is 3.31. The zero-order valence-corrected chi connectivity index (χ0v) is 12.0. The monoisotopic (exact) mass is 301 g/mol. The molecule has 2 aromatic rings. The van der Waals surface area contributed by atoms with Crippen molar-refractivity contribution in [3.63, 3.8) is 0 Å². The molecule has 2 rings (SSSR count). The molecule has 0 aromatic heterocycles. The minimum Gasteiger partial charge on any atom is -0.481 e. The van der Waals surface area contributed by atoms with Crippen molar-refractivity contribution in [2.45, 2.75) is 19.3 Å². The Morgan fingerprint density at radius 1 is 1.18 bits per heavy atom. The van der Waals surface area contributed by atoms with Crippen LogP contribution in [0, 0.1) is 5.82 Å². The third-order valence-corrected chi connectivity index (χ3v) is 3.31. The number of aliphatic carboxylic acids is 1. The molecular formula is C17H16FNO3. The first-order valence-electron chi connectivity index (χ1n) is 6.83. The lowest BCUT2D eigenvalue weighted by molar-refractivity contribution is -0.136. The standard InChI is InChI=1S/C17H16FNO3/c1-11(14-7-2-3-8-15(14)18)17(22)19-13-6-4-5-12(9-13)10-16(20)21/h2-9,11H,10H2,1H3,(H,19,22)(H,20,21)/t11-/m0/s1. The zero-order chi connectivity index (χ0) is 16.1. The quantitative estimate of drug-likeness (QED) is 0.891. The first-order chi connectivity index (χ1) is 10.5. The average Bonchev–Trinajstić information content (AvgIpc) is 2.46. The van der Waals surface area contributed by atoms with E-state index in [-0.39, 0.29) is 12.3 Å². The first-order valence-corrected chi connectivity index (χ1v) is 6.83. The smallest absolute Gasteiger partial charge is 0.307 e. The molecule has 114 valence electrons. The van der Waals surface area contributed by atoms with E-state index >= 15 is 0 Å². The molecule has 5 heteroatoms. The van der Waals surface area contributed by atoms with Gasteiger partial charge in [-0.25, -0.2) is 4.39 Å². The summed E-state index contributed by atoms with van der Waals surface area (Å²) in [6.45, 7) is 1.62. The first kappa shape index (κ1) is 15.7. The van der Waals surface area contributed by atoms with Crippen molar-refractivity contribution >= 4 is 17.6 Å². The molecule has 22 heavy (non-hydrogen) atoms. The third kappa shape index (κ3) is 3.91. The Kier molecular flexibility index (Phi) is 4.88. The molecule has 1 amide bonds. The second-order valence-corrected chi connectivity index (χ2v) is 5.00. The maximum atomic E-state index is 13.7. The summed E-state index contributed by atoms with van der Waals surface area (Å²) >= 11 is 0. The van der Waals surface area contributed by atoms with Gasteiger partial charge >= 0.3 is 5.97 Å². The maximum Gasteiger partial charge on any atom is 0.307 e. The molecular weight excluding hydrogens is 285 g/mol. The molecule has 0 aliphatic carbocycles. The number of amides is 1. The predicted molar refractivity (Wildman–Crippen MR) is 81.2 cm³/mol. The number of anilines is 1. The number of hydrogen-bond acceptors (Lipinski definition) is 2. The van der Waals surface area contributed by atoms with E-state index in [2.05, 4.69) is 5.32 Å². The van der Waals surface area contributed by atoms with Crippen LogP contribution in [0.3, 0.4) is 0 Å². The van der Waals surface area contributed by atoms with Gasteiger partial charge < -0.3 is 10.4 Å². The van der Waals surface area contributed by atoms with E-state index in [4.69, 9.17) is 5.11 Å². The van der Waals surface area contributed by atoms with Gasteiger partial charge in [0.15, 0.2) is 0 Å². The van der Waals surface area contributed by atoms with Crippen molar-refractivity contribution in [2.24, 2.45) is 0 Å². The van der Waals surface area contributed by atoms with Crippen LogP contribution in [0.2, 0.25) is 0 Å².